The summed E-state index contributed by atoms with van der Waals surface area (Å²) in [5, 5.41) is 7.34. The van der Waals surface area contributed by atoms with Crippen LogP contribution in [-0.2, 0) is 21.4 Å². The number of sulfonamides is 1. The molecule has 1 heterocycles. The van der Waals surface area contributed by atoms with Crippen molar-refractivity contribution < 1.29 is 17.6 Å². The van der Waals surface area contributed by atoms with E-state index in [-0.39, 0.29) is 18.1 Å². The van der Waals surface area contributed by atoms with Gasteiger partial charge in [0.05, 0.1) is 35.8 Å². The number of para-hydroxylation sites is 1. The zero-order valence-corrected chi connectivity index (χ0v) is 17.8. The fourth-order valence-electron chi connectivity index (χ4n) is 2.87. The number of anilines is 1. The molecule has 10 heteroatoms. The number of amides is 1. The number of nitrogens with one attached hydrogen (secondary N) is 2. The normalized spacial score (nSPS) is 12.4. The number of benzene rings is 2. The molecule has 0 saturated heterocycles. The predicted octanol–water partition coefficient (Wildman–Crippen LogP) is 3.46. The first-order chi connectivity index (χ1) is 14.1. The van der Waals surface area contributed by atoms with Crippen molar-refractivity contribution in [2.24, 2.45) is 0 Å². The number of halogens is 2. The Hall–Kier alpha value is -2.91. The Labute approximate surface area is 178 Å². The molecule has 0 aliphatic rings. The molecule has 1 aromatic heterocycles. The summed E-state index contributed by atoms with van der Waals surface area (Å²) >= 11 is 6.03. The van der Waals surface area contributed by atoms with E-state index in [1.807, 2.05) is 30.3 Å². The van der Waals surface area contributed by atoms with Crippen LogP contribution in [-0.4, -0.2) is 30.4 Å². The molecule has 0 aliphatic heterocycles. The molecular formula is C20H20ClFN4O3S. The summed E-state index contributed by atoms with van der Waals surface area (Å²) in [6.07, 6.45) is 0.933. The lowest BCUT2D eigenvalue weighted by Gasteiger charge is -2.15. The van der Waals surface area contributed by atoms with Crippen molar-refractivity contribution in [2.45, 2.75) is 19.4 Å². The summed E-state index contributed by atoms with van der Waals surface area (Å²) in [6.45, 7) is 1.81. The van der Waals surface area contributed by atoms with E-state index >= 15 is 0 Å². The molecule has 0 saturated carbocycles. The van der Waals surface area contributed by atoms with Crippen LogP contribution in [0.4, 0.5) is 10.1 Å². The SMILES string of the molecule is CC(C(=O)NCc1cc(Cl)nn1-c1ccccc1)c1ccc(NS(C)(=O)=O)c(F)c1. The maximum absolute atomic E-state index is 14.2. The molecule has 158 valence electrons. The van der Waals surface area contributed by atoms with Crippen LogP contribution in [0.5, 0.6) is 0 Å². The predicted molar refractivity (Wildman–Crippen MR) is 114 cm³/mol. The second kappa shape index (κ2) is 8.85. The van der Waals surface area contributed by atoms with Gasteiger partial charge in [-0.2, -0.15) is 5.10 Å². The van der Waals surface area contributed by atoms with Crippen LogP contribution in [0.15, 0.2) is 54.6 Å². The van der Waals surface area contributed by atoms with Crippen LogP contribution in [0.1, 0.15) is 24.1 Å². The van der Waals surface area contributed by atoms with Crippen LogP contribution in [0.3, 0.4) is 0 Å². The number of carbonyl (C=O) groups is 1. The lowest BCUT2D eigenvalue weighted by Crippen LogP contribution is -2.28. The van der Waals surface area contributed by atoms with Crippen molar-refractivity contribution >= 4 is 33.2 Å². The van der Waals surface area contributed by atoms with Crippen molar-refractivity contribution in [3.63, 3.8) is 0 Å². The fourth-order valence-corrected chi connectivity index (χ4v) is 3.64. The van der Waals surface area contributed by atoms with Crippen LogP contribution in [0, 0.1) is 5.82 Å². The zero-order valence-electron chi connectivity index (χ0n) is 16.3. The Kier molecular flexibility index (Phi) is 6.42. The van der Waals surface area contributed by atoms with E-state index in [9.17, 15) is 17.6 Å². The van der Waals surface area contributed by atoms with E-state index in [2.05, 4.69) is 15.1 Å². The summed E-state index contributed by atoms with van der Waals surface area (Å²) < 4.78 is 40.5. The van der Waals surface area contributed by atoms with Crippen molar-refractivity contribution in [3.05, 3.63) is 76.8 Å². The van der Waals surface area contributed by atoms with E-state index in [0.29, 0.717) is 16.4 Å². The summed E-state index contributed by atoms with van der Waals surface area (Å²) in [5.74, 6) is -1.74. The lowest BCUT2D eigenvalue weighted by molar-refractivity contribution is -0.122. The quantitative estimate of drug-likeness (QED) is 0.576. The van der Waals surface area contributed by atoms with E-state index in [0.717, 1.165) is 18.0 Å². The molecule has 0 radical (unpaired) electrons. The van der Waals surface area contributed by atoms with Gasteiger partial charge in [-0.25, -0.2) is 17.5 Å². The van der Waals surface area contributed by atoms with Crippen molar-refractivity contribution in [3.8, 4) is 5.69 Å². The van der Waals surface area contributed by atoms with Gasteiger partial charge in [-0.15, -0.1) is 0 Å². The molecule has 1 unspecified atom stereocenters. The van der Waals surface area contributed by atoms with Gasteiger partial charge >= 0.3 is 0 Å². The highest BCUT2D eigenvalue weighted by atomic mass is 35.5. The first kappa shape index (κ1) is 21.8. The number of rotatable bonds is 7. The highest BCUT2D eigenvalue weighted by molar-refractivity contribution is 7.92. The molecule has 0 spiro atoms. The van der Waals surface area contributed by atoms with Gasteiger partial charge < -0.3 is 5.32 Å². The van der Waals surface area contributed by atoms with Crippen LogP contribution in [0.2, 0.25) is 5.15 Å². The average molecular weight is 451 g/mol. The molecule has 3 rings (SSSR count). The lowest BCUT2D eigenvalue weighted by atomic mass is 10.00. The van der Waals surface area contributed by atoms with Crippen molar-refractivity contribution in [1.29, 1.82) is 0 Å². The molecule has 2 N–H and O–H groups in total. The summed E-state index contributed by atoms with van der Waals surface area (Å²) in [4.78, 5) is 12.6. The Morgan fingerprint density at radius 2 is 1.90 bits per heavy atom. The molecule has 1 atom stereocenters. The van der Waals surface area contributed by atoms with E-state index < -0.39 is 21.8 Å². The van der Waals surface area contributed by atoms with Gasteiger partial charge in [-0.3, -0.25) is 9.52 Å². The first-order valence-corrected chi connectivity index (χ1v) is 11.3. The minimum atomic E-state index is -3.60. The Morgan fingerprint density at radius 3 is 2.53 bits per heavy atom. The smallest absolute Gasteiger partial charge is 0.229 e. The molecule has 0 aliphatic carbocycles. The molecular weight excluding hydrogens is 431 g/mol. The molecule has 30 heavy (non-hydrogen) atoms. The van der Waals surface area contributed by atoms with Gasteiger partial charge in [0.25, 0.3) is 0 Å². The number of hydrogen-bond acceptors (Lipinski definition) is 4. The topological polar surface area (TPSA) is 93.1 Å². The highest BCUT2D eigenvalue weighted by Crippen LogP contribution is 2.23. The molecule has 2 aromatic carbocycles. The molecule has 0 fully saturated rings. The number of aromatic nitrogens is 2. The van der Waals surface area contributed by atoms with Crippen LogP contribution in [0.25, 0.3) is 5.69 Å². The third-order valence-electron chi connectivity index (χ3n) is 4.38. The molecule has 7 nitrogen and oxygen atoms in total. The largest absolute Gasteiger partial charge is 0.350 e. The monoisotopic (exact) mass is 450 g/mol. The minimum absolute atomic E-state index is 0.171. The zero-order chi connectivity index (χ0) is 21.9. The highest BCUT2D eigenvalue weighted by Gasteiger charge is 2.18. The van der Waals surface area contributed by atoms with Gasteiger partial charge in [0.1, 0.15) is 5.82 Å². The van der Waals surface area contributed by atoms with Crippen LogP contribution < -0.4 is 10.0 Å². The molecule has 1 amide bonds. The first-order valence-electron chi connectivity index (χ1n) is 8.99. The maximum Gasteiger partial charge on any atom is 0.229 e. The second-order valence-corrected chi connectivity index (χ2v) is 8.89. The Bertz CT molecular complexity index is 1170. The fraction of sp³-hybridized carbons (Fsp3) is 0.200. The third-order valence-corrected chi connectivity index (χ3v) is 5.15. The van der Waals surface area contributed by atoms with E-state index in [1.165, 1.54) is 12.1 Å². The maximum atomic E-state index is 14.2. The molecule has 3 aromatic rings. The minimum Gasteiger partial charge on any atom is -0.350 e. The number of nitrogens with zero attached hydrogens (tertiary/aromatic N) is 2. The second-order valence-electron chi connectivity index (χ2n) is 6.76. The van der Waals surface area contributed by atoms with Gasteiger partial charge in [0.2, 0.25) is 15.9 Å². The van der Waals surface area contributed by atoms with Crippen molar-refractivity contribution in [2.75, 3.05) is 11.0 Å². The van der Waals surface area contributed by atoms with Gasteiger partial charge in [0, 0.05) is 6.07 Å². The Morgan fingerprint density at radius 1 is 1.20 bits per heavy atom. The summed E-state index contributed by atoms with van der Waals surface area (Å²) in [5.41, 5.74) is 1.73. The van der Waals surface area contributed by atoms with Gasteiger partial charge in [0.15, 0.2) is 5.15 Å². The van der Waals surface area contributed by atoms with Gasteiger partial charge in [-0.05, 0) is 36.8 Å². The number of carbonyl (C=O) groups excluding carboxylic acids is 1. The summed E-state index contributed by atoms with van der Waals surface area (Å²) in [7, 11) is -3.60. The standard InChI is InChI=1S/C20H20ClFN4O3S/c1-13(14-8-9-18(17(22)10-14)25-30(2,28)29)20(27)23-12-16-11-19(21)24-26(16)15-6-4-3-5-7-15/h3-11,13,25H,12H2,1-2H3,(H,23,27). The van der Waals surface area contributed by atoms with Crippen LogP contribution >= 0.6 is 11.6 Å². The average Bonchev–Trinajstić information content (AvgIpc) is 3.07. The summed E-state index contributed by atoms with van der Waals surface area (Å²) in [6, 6.07) is 14.9. The van der Waals surface area contributed by atoms with E-state index in [4.69, 9.17) is 11.6 Å². The van der Waals surface area contributed by atoms with Crippen molar-refractivity contribution in [1.82, 2.24) is 15.1 Å². The molecule has 0 bridgehead atoms. The Balaban J connectivity index is 1.71. The van der Waals surface area contributed by atoms with E-state index in [1.54, 1.807) is 17.7 Å². The van der Waals surface area contributed by atoms with Gasteiger partial charge in [-0.1, -0.05) is 35.9 Å². The number of hydrogen-bond donors (Lipinski definition) is 2. The third kappa shape index (κ3) is 5.37.